The Kier molecular flexibility index (Phi) is 6.24. The van der Waals surface area contributed by atoms with Crippen LogP contribution in [0.4, 0.5) is 0 Å². The van der Waals surface area contributed by atoms with Gasteiger partial charge in [0.05, 0.1) is 12.0 Å². The number of benzene rings is 1. The average Bonchev–Trinajstić information content (AvgIpc) is 2.50. The van der Waals surface area contributed by atoms with Crippen LogP contribution >= 0.6 is 23.4 Å². The summed E-state index contributed by atoms with van der Waals surface area (Å²) in [5, 5.41) is 4.60. The van der Waals surface area contributed by atoms with Crippen molar-refractivity contribution in [2.24, 2.45) is 5.10 Å². The third kappa shape index (κ3) is 5.57. The van der Waals surface area contributed by atoms with E-state index in [-0.39, 0.29) is 5.91 Å². The zero-order valence-electron chi connectivity index (χ0n) is 11.2. The van der Waals surface area contributed by atoms with Crippen LogP contribution in [0.15, 0.2) is 53.9 Å². The van der Waals surface area contributed by atoms with Gasteiger partial charge in [-0.1, -0.05) is 35.9 Å². The van der Waals surface area contributed by atoms with Crippen LogP contribution in [0.2, 0.25) is 5.02 Å². The molecular weight excluding hydrogens is 306 g/mol. The molecule has 1 amide bonds. The van der Waals surface area contributed by atoms with Crippen molar-refractivity contribution >= 4 is 35.5 Å². The van der Waals surface area contributed by atoms with Gasteiger partial charge in [-0.3, -0.25) is 9.78 Å². The number of pyridine rings is 1. The van der Waals surface area contributed by atoms with Crippen LogP contribution in [0.1, 0.15) is 11.1 Å². The summed E-state index contributed by atoms with van der Waals surface area (Å²) >= 11 is 7.54. The van der Waals surface area contributed by atoms with Gasteiger partial charge in [-0.25, -0.2) is 5.43 Å². The Balaban J connectivity index is 1.71. The molecule has 0 aliphatic rings. The quantitative estimate of drug-likeness (QED) is 0.657. The number of halogens is 1. The Bertz CT molecular complexity index is 619. The molecule has 0 radical (unpaired) electrons. The van der Waals surface area contributed by atoms with Crippen molar-refractivity contribution in [1.82, 2.24) is 10.4 Å². The smallest absolute Gasteiger partial charge is 0.250 e. The maximum Gasteiger partial charge on any atom is 0.250 e. The van der Waals surface area contributed by atoms with Crippen LogP contribution in [-0.2, 0) is 10.5 Å². The lowest BCUT2D eigenvalue weighted by molar-refractivity contribution is -0.118. The highest BCUT2D eigenvalue weighted by Crippen LogP contribution is 2.20. The van der Waals surface area contributed by atoms with Gasteiger partial charge in [0, 0.05) is 28.7 Å². The Labute approximate surface area is 132 Å². The third-order valence-electron chi connectivity index (χ3n) is 2.54. The molecule has 1 N–H and O–H groups in total. The van der Waals surface area contributed by atoms with Gasteiger partial charge in [0.1, 0.15) is 0 Å². The number of nitrogens with zero attached hydrogens (tertiary/aromatic N) is 2. The first kappa shape index (κ1) is 15.5. The van der Waals surface area contributed by atoms with Crippen molar-refractivity contribution in [3.63, 3.8) is 0 Å². The molecule has 0 saturated carbocycles. The Hall–Kier alpha value is -1.85. The number of thioether (sulfide) groups is 1. The van der Waals surface area contributed by atoms with Crippen molar-refractivity contribution in [2.75, 3.05) is 5.75 Å². The zero-order chi connectivity index (χ0) is 14.9. The molecule has 0 aliphatic carbocycles. The fraction of sp³-hybridized carbons (Fsp3) is 0.133. The van der Waals surface area contributed by atoms with E-state index in [0.29, 0.717) is 11.5 Å². The third-order valence-corrected chi connectivity index (χ3v) is 3.89. The Morgan fingerprint density at radius 2 is 2.19 bits per heavy atom. The number of rotatable bonds is 6. The summed E-state index contributed by atoms with van der Waals surface area (Å²) in [5.74, 6) is 0.877. The monoisotopic (exact) mass is 319 g/mol. The van der Waals surface area contributed by atoms with Gasteiger partial charge in [0.15, 0.2) is 0 Å². The van der Waals surface area contributed by atoms with Crippen LogP contribution < -0.4 is 5.43 Å². The maximum absolute atomic E-state index is 11.6. The molecule has 1 heterocycles. The van der Waals surface area contributed by atoms with Crippen LogP contribution in [0, 0.1) is 0 Å². The van der Waals surface area contributed by atoms with Crippen LogP contribution in [0.5, 0.6) is 0 Å². The highest BCUT2D eigenvalue weighted by atomic mass is 35.5. The lowest BCUT2D eigenvalue weighted by Gasteiger charge is -2.03. The number of nitrogens with one attached hydrogen (secondary N) is 1. The van der Waals surface area contributed by atoms with Crippen molar-refractivity contribution in [2.45, 2.75) is 5.75 Å². The number of carbonyl (C=O) groups excluding carboxylic acids is 1. The van der Waals surface area contributed by atoms with Crippen molar-refractivity contribution < 1.29 is 4.79 Å². The molecule has 6 heteroatoms. The van der Waals surface area contributed by atoms with E-state index in [2.05, 4.69) is 15.5 Å². The predicted octanol–water partition coefficient (Wildman–Crippen LogP) is 3.12. The molecule has 4 nitrogen and oxygen atoms in total. The predicted molar refractivity (Wildman–Crippen MR) is 87.6 cm³/mol. The molecule has 0 saturated heterocycles. The van der Waals surface area contributed by atoms with Crippen molar-refractivity contribution in [1.29, 1.82) is 0 Å². The second-order valence-electron chi connectivity index (χ2n) is 4.16. The highest BCUT2D eigenvalue weighted by Gasteiger charge is 2.02. The minimum absolute atomic E-state index is 0.146. The molecule has 2 rings (SSSR count). The van der Waals surface area contributed by atoms with E-state index in [0.717, 1.165) is 16.1 Å². The first-order chi connectivity index (χ1) is 10.3. The summed E-state index contributed by atoms with van der Waals surface area (Å²) in [4.78, 5) is 15.6. The van der Waals surface area contributed by atoms with E-state index < -0.39 is 0 Å². The molecule has 0 spiro atoms. The summed E-state index contributed by atoms with van der Waals surface area (Å²) in [6.45, 7) is 0. The number of carbonyl (C=O) groups is 1. The van der Waals surface area contributed by atoms with Crippen LogP contribution in [0.25, 0.3) is 0 Å². The topological polar surface area (TPSA) is 54.4 Å². The molecule has 0 fully saturated rings. The SMILES string of the molecule is O=C(CSCc1ccccc1Cl)N/N=C\c1cccnc1. The molecule has 0 unspecified atom stereocenters. The number of hydrogen-bond acceptors (Lipinski definition) is 4. The van der Waals surface area contributed by atoms with Crippen molar-refractivity contribution in [3.8, 4) is 0 Å². The Morgan fingerprint density at radius 3 is 2.95 bits per heavy atom. The Morgan fingerprint density at radius 1 is 1.33 bits per heavy atom. The average molecular weight is 320 g/mol. The largest absolute Gasteiger partial charge is 0.272 e. The fourth-order valence-corrected chi connectivity index (χ4v) is 2.64. The molecular formula is C15H14ClN3OS. The number of hydrogen-bond donors (Lipinski definition) is 1. The number of amides is 1. The van der Waals surface area contributed by atoms with Gasteiger partial charge in [0.25, 0.3) is 0 Å². The second-order valence-corrected chi connectivity index (χ2v) is 5.56. The molecule has 0 aliphatic heterocycles. The van der Waals surface area contributed by atoms with Gasteiger partial charge in [-0.2, -0.15) is 5.10 Å². The summed E-state index contributed by atoms with van der Waals surface area (Å²) in [7, 11) is 0. The molecule has 108 valence electrons. The van der Waals surface area contributed by atoms with E-state index >= 15 is 0 Å². The van der Waals surface area contributed by atoms with Crippen LogP contribution in [-0.4, -0.2) is 22.9 Å². The van der Waals surface area contributed by atoms with Gasteiger partial charge in [0.2, 0.25) is 5.91 Å². The minimum atomic E-state index is -0.146. The van der Waals surface area contributed by atoms with E-state index in [1.165, 1.54) is 11.8 Å². The summed E-state index contributed by atoms with van der Waals surface area (Å²) in [6.07, 6.45) is 4.91. The summed E-state index contributed by atoms with van der Waals surface area (Å²) < 4.78 is 0. The highest BCUT2D eigenvalue weighted by molar-refractivity contribution is 7.99. The van der Waals surface area contributed by atoms with Crippen LogP contribution in [0.3, 0.4) is 0 Å². The fourth-order valence-electron chi connectivity index (χ4n) is 1.53. The van der Waals surface area contributed by atoms with E-state index in [9.17, 15) is 4.79 Å². The lowest BCUT2D eigenvalue weighted by atomic mass is 10.2. The zero-order valence-corrected chi connectivity index (χ0v) is 12.8. The van der Waals surface area contributed by atoms with E-state index in [1.54, 1.807) is 18.6 Å². The summed E-state index contributed by atoms with van der Waals surface area (Å²) in [5.41, 5.74) is 4.34. The van der Waals surface area contributed by atoms with E-state index in [1.807, 2.05) is 36.4 Å². The molecule has 2 aromatic rings. The van der Waals surface area contributed by atoms with E-state index in [4.69, 9.17) is 11.6 Å². The van der Waals surface area contributed by atoms with Gasteiger partial charge < -0.3 is 0 Å². The summed E-state index contributed by atoms with van der Waals surface area (Å²) in [6, 6.07) is 11.3. The number of aromatic nitrogens is 1. The molecule has 21 heavy (non-hydrogen) atoms. The minimum Gasteiger partial charge on any atom is -0.272 e. The molecule has 0 atom stereocenters. The van der Waals surface area contributed by atoms with Gasteiger partial charge in [-0.05, 0) is 17.7 Å². The molecule has 1 aromatic carbocycles. The second kappa shape index (κ2) is 8.44. The molecule has 1 aromatic heterocycles. The first-order valence-corrected chi connectivity index (χ1v) is 7.82. The molecule has 0 bridgehead atoms. The first-order valence-electron chi connectivity index (χ1n) is 6.29. The lowest BCUT2D eigenvalue weighted by Crippen LogP contribution is -2.19. The standard InChI is InChI=1S/C15H14ClN3OS/c16-14-6-2-1-5-13(14)10-21-11-15(20)19-18-9-12-4-3-7-17-8-12/h1-9H,10-11H2,(H,19,20)/b18-9-. The normalized spacial score (nSPS) is 10.7. The van der Waals surface area contributed by atoms with Gasteiger partial charge in [-0.15, -0.1) is 11.8 Å². The number of hydrazone groups is 1. The van der Waals surface area contributed by atoms with Crippen molar-refractivity contribution in [3.05, 3.63) is 64.9 Å². The maximum atomic E-state index is 11.6. The van der Waals surface area contributed by atoms with Gasteiger partial charge >= 0.3 is 0 Å².